The zero-order valence-corrected chi connectivity index (χ0v) is 15.1. The minimum Gasteiger partial charge on any atom is -0.467 e. The second-order valence-corrected chi connectivity index (χ2v) is 6.74. The second kappa shape index (κ2) is 7.97. The first kappa shape index (κ1) is 17.9. The van der Waals surface area contributed by atoms with Gasteiger partial charge in [0.05, 0.1) is 13.7 Å². The Morgan fingerprint density at radius 1 is 1.08 bits per heavy atom. The third kappa shape index (κ3) is 4.02. The molecular weight excluding hydrogens is 318 g/mol. The number of likely N-dealkylation sites (N-methyl/N-ethyl adjacent to an activating group) is 1. The molecule has 2 heterocycles. The number of carbonyl (C=O) groups excluding carboxylic acids is 2. The average Bonchev–Trinajstić information content (AvgIpc) is 2.66. The Labute approximate surface area is 149 Å². The highest BCUT2D eigenvalue weighted by Crippen LogP contribution is 2.24. The van der Waals surface area contributed by atoms with Crippen molar-refractivity contribution >= 4 is 11.9 Å². The quantitative estimate of drug-likeness (QED) is 0.754. The van der Waals surface area contributed by atoms with Crippen LogP contribution in [0.3, 0.4) is 0 Å². The summed E-state index contributed by atoms with van der Waals surface area (Å²) in [6, 6.07) is 7.48. The van der Waals surface area contributed by atoms with Gasteiger partial charge in [-0.3, -0.25) is 9.69 Å². The van der Waals surface area contributed by atoms with Crippen molar-refractivity contribution in [2.45, 2.75) is 25.9 Å². The lowest BCUT2D eigenvalue weighted by Crippen LogP contribution is -2.54. The summed E-state index contributed by atoms with van der Waals surface area (Å²) in [6.07, 6.45) is 0.526. The largest absolute Gasteiger partial charge is 0.467 e. The third-order valence-corrected chi connectivity index (χ3v) is 5.31. The molecule has 2 aliphatic rings. The fourth-order valence-corrected chi connectivity index (χ4v) is 3.68. The number of amides is 1. The molecular formula is C19H27N3O3. The molecule has 0 aromatic heterocycles. The number of fused-ring (bicyclic) bond motifs is 1. The molecule has 25 heavy (non-hydrogen) atoms. The monoisotopic (exact) mass is 345 g/mol. The minimum atomic E-state index is -0.524. The lowest BCUT2D eigenvalue weighted by atomic mass is 9.94. The molecule has 1 atom stereocenters. The molecule has 1 saturated heterocycles. The van der Waals surface area contributed by atoms with Crippen LogP contribution in [0.4, 0.5) is 0 Å². The van der Waals surface area contributed by atoms with E-state index >= 15 is 0 Å². The highest BCUT2D eigenvalue weighted by atomic mass is 16.5. The molecule has 0 bridgehead atoms. The van der Waals surface area contributed by atoms with Crippen LogP contribution in [0, 0.1) is 0 Å². The van der Waals surface area contributed by atoms with Crippen LogP contribution >= 0.6 is 0 Å². The number of hydrogen-bond acceptors (Lipinski definition) is 5. The number of esters is 1. The smallest absolute Gasteiger partial charge is 0.328 e. The van der Waals surface area contributed by atoms with E-state index in [0.717, 1.165) is 43.9 Å². The fourth-order valence-electron chi connectivity index (χ4n) is 3.68. The van der Waals surface area contributed by atoms with Gasteiger partial charge in [0.2, 0.25) is 5.91 Å². The van der Waals surface area contributed by atoms with E-state index in [4.69, 9.17) is 4.74 Å². The van der Waals surface area contributed by atoms with E-state index < -0.39 is 6.04 Å². The van der Waals surface area contributed by atoms with Crippen molar-refractivity contribution in [2.24, 2.45) is 0 Å². The molecule has 1 aromatic rings. The predicted octanol–water partition coefficient (Wildman–Crippen LogP) is 0.750. The van der Waals surface area contributed by atoms with Crippen molar-refractivity contribution in [3.8, 4) is 0 Å². The van der Waals surface area contributed by atoms with E-state index in [9.17, 15) is 9.59 Å². The third-order valence-electron chi connectivity index (χ3n) is 5.31. The minimum absolute atomic E-state index is 0.00912. The van der Waals surface area contributed by atoms with Gasteiger partial charge in [0.1, 0.15) is 6.04 Å². The van der Waals surface area contributed by atoms with E-state index in [2.05, 4.69) is 16.7 Å². The number of methoxy groups -OCH3 is 1. The first-order valence-corrected chi connectivity index (χ1v) is 9.01. The fraction of sp³-hybridized carbons (Fsp3) is 0.579. The van der Waals surface area contributed by atoms with Gasteiger partial charge in [-0.15, -0.1) is 0 Å². The summed E-state index contributed by atoms with van der Waals surface area (Å²) in [5.74, 6) is -0.325. The number of ether oxygens (including phenoxy) is 1. The molecule has 1 aromatic carbocycles. The Morgan fingerprint density at radius 3 is 2.36 bits per heavy atom. The van der Waals surface area contributed by atoms with Gasteiger partial charge in [0.25, 0.3) is 0 Å². The molecule has 0 saturated carbocycles. The van der Waals surface area contributed by atoms with Crippen molar-refractivity contribution in [1.29, 1.82) is 0 Å². The number of benzene rings is 1. The van der Waals surface area contributed by atoms with Crippen LogP contribution in [0.5, 0.6) is 0 Å². The van der Waals surface area contributed by atoms with Gasteiger partial charge in [-0.25, -0.2) is 4.79 Å². The van der Waals surface area contributed by atoms with E-state index in [1.807, 2.05) is 24.3 Å². The lowest BCUT2D eigenvalue weighted by Gasteiger charge is -2.38. The number of carbonyl (C=O) groups is 2. The van der Waals surface area contributed by atoms with Crippen LogP contribution in [0.2, 0.25) is 0 Å². The SMILES string of the molecule is CCN1CCN(CC(=O)N2Cc3ccccc3C[C@@H]2C(=O)OC)CC1. The van der Waals surface area contributed by atoms with Crippen LogP contribution in [0.1, 0.15) is 18.1 Å². The summed E-state index contributed by atoms with van der Waals surface area (Å²) >= 11 is 0. The van der Waals surface area contributed by atoms with E-state index in [0.29, 0.717) is 19.5 Å². The van der Waals surface area contributed by atoms with E-state index in [-0.39, 0.29) is 11.9 Å². The molecule has 3 rings (SSSR count). The highest BCUT2D eigenvalue weighted by molar-refractivity contribution is 5.86. The molecule has 6 heteroatoms. The van der Waals surface area contributed by atoms with Crippen LogP contribution < -0.4 is 0 Å². The molecule has 0 spiro atoms. The summed E-state index contributed by atoms with van der Waals surface area (Å²) in [5, 5.41) is 0. The van der Waals surface area contributed by atoms with Gasteiger partial charge in [-0.1, -0.05) is 31.2 Å². The zero-order valence-electron chi connectivity index (χ0n) is 15.1. The van der Waals surface area contributed by atoms with E-state index in [1.54, 1.807) is 4.90 Å². The zero-order chi connectivity index (χ0) is 17.8. The van der Waals surface area contributed by atoms with Crippen LogP contribution in [0.15, 0.2) is 24.3 Å². The van der Waals surface area contributed by atoms with Gasteiger partial charge in [0, 0.05) is 39.1 Å². The number of piperazine rings is 1. The van der Waals surface area contributed by atoms with Crippen LogP contribution in [-0.4, -0.2) is 79.0 Å². The highest BCUT2D eigenvalue weighted by Gasteiger charge is 2.35. The molecule has 0 unspecified atom stereocenters. The topological polar surface area (TPSA) is 53.1 Å². The Kier molecular flexibility index (Phi) is 5.71. The molecule has 6 nitrogen and oxygen atoms in total. The van der Waals surface area contributed by atoms with Gasteiger partial charge in [-0.2, -0.15) is 0 Å². The maximum absolute atomic E-state index is 12.9. The Hall–Kier alpha value is -1.92. The maximum Gasteiger partial charge on any atom is 0.328 e. The summed E-state index contributed by atoms with van der Waals surface area (Å²) in [6.45, 7) is 7.83. The van der Waals surface area contributed by atoms with Crippen molar-refractivity contribution in [2.75, 3.05) is 46.4 Å². The van der Waals surface area contributed by atoms with Gasteiger partial charge < -0.3 is 14.5 Å². The van der Waals surface area contributed by atoms with Crippen molar-refractivity contribution in [3.05, 3.63) is 35.4 Å². The number of nitrogens with zero attached hydrogens (tertiary/aromatic N) is 3. The van der Waals surface area contributed by atoms with Crippen LogP contribution in [0.25, 0.3) is 0 Å². The van der Waals surface area contributed by atoms with Gasteiger partial charge >= 0.3 is 5.97 Å². The summed E-state index contributed by atoms with van der Waals surface area (Å²) in [4.78, 5) is 31.4. The molecule has 2 aliphatic heterocycles. The average molecular weight is 345 g/mol. The Balaban J connectivity index is 1.70. The second-order valence-electron chi connectivity index (χ2n) is 6.74. The molecule has 0 N–H and O–H groups in total. The summed E-state index contributed by atoms with van der Waals surface area (Å²) < 4.78 is 4.95. The molecule has 136 valence electrons. The normalized spacial score (nSPS) is 21.7. The van der Waals surface area contributed by atoms with Gasteiger partial charge in [-0.05, 0) is 17.7 Å². The molecule has 1 amide bonds. The van der Waals surface area contributed by atoms with Gasteiger partial charge in [0.15, 0.2) is 0 Å². The predicted molar refractivity (Wildman–Crippen MR) is 95.1 cm³/mol. The van der Waals surface area contributed by atoms with Crippen molar-refractivity contribution < 1.29 is 14.3 Å². The Bertz CT molecular complexity index is 626. The van der Waals surface area contributed by atoms with E-state index in [1.165, 1.54) is 7.11 Å². The van der Waals surface area contributed by atoms with Crippen molar-refractivity contribution in [1.82, 2.24) is 14.7 Å². The molecule has 0 radical (unpaired) electrons. The summed E-state index contributed by atoms with van der Waals surface area (Å²) in [5.41, 5.74) is 2.24. The van der Waals surface area contributed by atoms with Crippen LogP contribution in [-0.2, 0) is 27.3 Å². The first-order chi connectivity index (χ1) is 12.1. The Morgan fingerprint density at radius 2 is 1.72 bits per heavy atom. The number of rotatable bonds is 4. The maximum atomic E-state index is 12.9. The summed E-state index contributed by atoms with van der Waals surface area (Å²) in [7, 11) is 1.38. The first-order valence-electron chi connectivity index (χ1n) is 9.01. The lowest BCUT2D eigenvalue weighted by molar-refractivity contribution is -0.154. The molecule has 0 aliphatic carbocycles. The van der Waals surface area contributed by atoms with Crippen molar-refractivity contribution in [3.63, 3.8) is 0 Å². The molecule has 1 fully saturated rings. The number of hydrogen-bond donors (Lipinski definition) is 0. The standard InChI is InChI=1S/C19H27N3O3/c1-3-20-8-10-21(11-9-20)14-18(23)22-13-16-7-5-4-6-15(16)12-17(22)19(24)25-2/h4-7,17H,3,8-14H2,1-2H3/t17-/m1/s1.